The van der Waals surface area contributed by atoms with Gasteiger partial charge in [-0.15, -0.1) is 0 Å². The Labute approximate surface area is 169 Å². The summed E-state index contributed by atoms with van der Waals surface area (Å²) < 4.78 is 10.3. The number of benzene rings is 2. The number of hydrogen-bond donors (Lipinski definition) is 1. The van der Waals surface area contributed by atoms with Crippen molar-refractivity contribution in [3.05, 3.63) is 69.8 Å². The Morgan fingerprint density at radius 2 is 1.86 bits per heavy atom. The van der Waals surface area contributed by atoms with E-state index in [-0.39, 0.29) is 22.9 Å². The molecule has 0 bridgehead atoms. The van der Waals surface area contributed by atoms with E-state index in [1.807, 2.05) is 37.3 Å². The van der Waals surface area contributed by atoms with Gasteiger partial charge in [0.15, 0.2) is 6.10 Å². The van der Waals surface area contributed by atoms with E-state index in [1.54, 1.807) is 0 Å². The molecule has 2 aromatic rings. The summed E-state index contributed by atoms with van der Waals surface area (Å²) in [5.41, 5.74) is 0.724. The molecule has 1 amide bonds. The molecule has 0 saturated carbocycles. The van der Waals surface area contributed by atoms with E-state index in [0.29, 0.717) is 6.54 Å². The quantitative estimate of drug-likeness (QED) is 0.392. The zero-order valence-corrected chi connectivity index (χ0v) is 16.6. The van der Waals surface area contributed by atoms with Crippen LogP contribution in [0.1, 0.15) is 42.1 Å². The molecule has 0 aliphatic carbocycles. The van der Waals surface area contributed by atoms with E-state index in [9.17, 15) is 19.7 Å². The van der Waals surface area contributed by atoms with Gasteiger partial charge in [-0.3, -0.25) is 14.9 Å². The Hall–Kier alpha value is -3.42. The average Bonchev–Trinajstić information content (AvgIpc) is 2.74. The van der Waals surface area contributed by atoms with Gasteiger partial charge in [-0.25, -0.2) is 4.79 Å². The van der Waals surface area contributed by atoms with Gasteiger partial charge in [-0.2, -0.15) is 0 Å². The number of nitro benzene ring substituents is 1. The molecule has 0 aliphatic heterocycles. The maximum Gasteiger partial charge on any atom is 0.342 e. The Morgan fingerprint density at radius 3 is 2.45 bits per heavy atom. The minimum Gasteiger partial charge on any atom is -0.496 e. The van der Waals surface area contributed by atoms with Gasteiger partial charge in [0.2, 0.25) is 0 Å². The van der Waals surface area contributed by atoms with Gasteiger partial charge in [0, 0.05) is 24.6 Å². The van der Waals surface area contributed by atoms with Crippen LogP contribution in [-0.2, 0) is 9.53 Å². The van der Waals surface area contributed by atoms with Gasteiger partial charge in [0.1, 0.15) is 11.3 Å². The van der Waals surface area contributed by atoms with E-state index >= 15 is 0 Å². The first kappa shape index (κ1) is 21.9. The third-order valence-corrected chi connectivity index (χ3v) is 4.55. The van der Waals surface area contributed by atoms with Crippen LogP contribution in [0.15, 0.2) is 48.5 Å². The number of nitrogens with one attached hydrogen (secondary N) is 1. The number of rotatable bonds is 9. The van der Waals surface area contributed by atoms with Crippen molar-refractivity contribution in [3.63, 3.8) is 0 Å². The van der Waals surface area contributed by atoms with E-state index in [2.05, 4.69) is 5.32 Å². The lowest BCUT2D eigenvalue weighted by molar-refractivity contribution is -0.384. The SMILES string of the molecule is CC[C@H](CNC(=O)[C@H](C)OC(=O)c1cc([N+](=O)[O-])ccc1OC)c1ccccc1. The lowest BCUT2D eigenvalue weighted by Crippen LogP contribution is -2.38. The predicted molar refractivity (Wildman–Crippen MR) is 107 cm³/mol. The number of non-ortho nitro benzene ring substituents is 1. The van der Waals surface area contributed by atoms with Crippen molar-refractivity contribution in [1.82, 2.24) is 5.32 Å². The van der Waals surface area contributed by atoms with E-state index in [1.165, 1.54) is 26.2 Å². The molecule has 0 spiro atoms. The predicted octanol–water partition coefficient (Wildman–Crippen LogP) is 3.46. The molecular weight excluding hydrogens is 376 g/mol. The van der Waals surface area contributed by atoms with Crippen LogP contribution in [0, 0.1) is 10.1 Å². The molecule has 0 radical (unpaired) electrons. The molecule has 8 heteroatoms. The second-order valence-electron chi connectivity index (χ2n) is 6.45. The molecule has 0 unspecified atom stereocenters. The largest absolute Gasteiger partial charge is 0.496 e. The maximum absolute atomic E-state index is 12.4. The molecule has 2 aromatic carbocycles. The molecular formula is C21H24N2O6. The first-order valence-electron chi connectivity index (χ1n) is 9.23. The van der Waals surface area contributed by atoms with Gasteiger partial charge in [-0.1, -0.05) is 37.3 Å². The molecule has 29 heavy (non-hydrogen) atoms. The second kappa shape index (κ2) is 10.2. The molecule has 0 aliphatic rings. The van der Waals surface area contributed by atoms with E-state index in [4.69, 9.17) is 9.47 Å². The average molecular weight is 400 g/mol. The van der Waals surface area contributed by atoms with Crippen LogP contribution in [0.25, 0.3) is 0 Å². The number of amides is 1. The number of carbonyl (C=O) groups excluding carboxylic acids is 2. The lowest BCUT2D eigenvalue weighted by atomic mass is 9.96. The molecule has 154 valence electrons. The fourth-order valence-corrected chi connectivity index (χ4v) is 2.84. The van der Waals surface area contributed by atoms with Gasteiger partial charge < -0.3 is 14.8 Å². The van der Waals surface area contributed by atoms with Gasteiger partial charge in [-0.05, 0) is 25.0 Å². The van der Waals surface area contributed by atoms with Crippen LogP contribution in [0.3, 0.4) is 0 Å². The molecule has 0 fully saturated rings. The Balaban J connectivity index is 2.01. The number of ether oxygens (including phenoxy) is 2. The summed E-state index contributed by atoms with van der Waals surface area (Å²) in [7, 11) is 1.34. The summed E-state index contributed by atoms with van der Waals surface area (Å²) in [5.74, 6) is -1.05. The summed E-state index contributed by atoms with van der Waals surface area (Å²) in [6.07, 6.45) is -0.233. The normalized spacial score (nSPS) is 12.5. The van der Waals surface area contributed by atoms with Gasteiger partial charge in [0.05, 0.1) is 12.0 Å². The third-order valence-electron chi connectivity index (χ3n) is 4.55. The maximum atomic E-state index is 12.4. The Bertz CT molecular complexity index is 869. The first-order chi connectivity index (χ1) is 13.9. The van der Waals surface area contributed by atoms with Crippen molar-refractivity contribution in [1.29, 1.82) is 0 Å². The topological polar surface area (TPSA) is 108 Å². The highest BCUT2D eigenvalue weighted by molar-refractivity contribution is 5.95. The number of nitrogens with zero attached hydrogens (tertiary/aromatic N) is 1. The van der Waals surface area contributed by atoms with Crippen LogP contribution >= 0.6 is 0 Å². The lowest BCUT2D eigenvalue weighted by Gasteiger charge is -2.19. The fourth-order valence-electron chi connectivity index (χ4n) is 2.84. The minimum atomic E-state index is -1.07. The van der Waals surface area contributed by atoms with Crippen molar-refractivity contribution < 1.29 is 24.0 Å². The zero-order chi connectivity index (χ0) is 21.4. The molecule has 0 heterocycles. The monoisotopic (exact) mass is 400 g/mol. The Morgan fingerprint density at radius 1 is 1.17 bits per heavy atom. The summed E-state index contributed by atoms with van der Waals surface area (Å²) in [4.78, 5) is 35.1. The van der Waals surface area contributed by atoms with Gasteiger partial charge in [0.25, 0.3) is 11.6 Å². The van der Waals surface area contributed by atoms with Crippen molar-refractivity contribution in [2.75, 3.05) is 13.7 Å². The highest BCUT2D eigenvalue weighted by Gasteiger charge is 2.24. The van der Waals surface area contributed by atoms with Crippen molar-refractivity contribution in [3.8, 4) is 5.75 Å². The van der Waals surface area contributed by atoms with Crippen LogP contribution in [0.2, 0.25) is 0 Å². The Kier molecular flexibility index (Phi) is 7.70. The second-order valence-corrected chi connectivity index (χ2v) is 6.45. The zero-order valence-electron chi connectivity index (χ0n) is 16.6. The molecule has 0 aromatic heterocycles. The summed E-state index contributed by atoms with van der Waals surface area (Å²) in [6, 6.07) is 13.4. The van der Waals surface area contributed by atoms with E-state index < -0.39 is 22.9 Å². The molecule has 2 rings (SSSR count). The highest BCUT2D eigenvalue weighted by atomic mass is 16.6. The smallest absolute Gasteiger partial charge is 0.342 e. The number of carbonyl (C=O) groups is 2. The van der Waals surface area contributed by atoms with Crippen LogP contribution in [-0.4, -0.2) is 36.6 Å². The fraction of sp³-hybridized carbons (Fsp3) is 0.333. The van der Waals surface area contributed by atoms with Crippen molar-refractivity contribution >= 4 is 17.6 Å². The molecule has 1 N–H and O–H groups in total. The number of esters is 1. The number of methoxy groups -OCH3 is 1. The summed E-state index contributed by atoms with van der Waals surface area (Å²) in [5, 5.41) is 13.7. The third kappa shape index (κ3) is 5.78. The van der Waals surface area contributed by atoms with Crippen LogP contribution < -0.4 is 10.1 Å². The van der Waals surface area contributed by atoms with Crippen LogP contribution in [0.4, 0.5) is 5.69 Å². The van der Waals surface area contributed by atoms with Crippen molar-refractivity contribution in [2.45, 2.75) is 32.3 Å². The molecule has 8 nitrogen and oxygen atoms in total. The van der Waals surface area contributed by atoms with E-state index in [0.717, 1.165) is 18.1 Å². The van der Waals surface area contributed by atoms with Crippen molar-refractivity contribution in [2.24, 2.45) is 0 Å². The first-order valence-corrected chi connectivity index (χ1v) is 9.23. The highest BCUT2D eigenvalue weighted by Crippen LogP contribution is 2.25. The van der Waals surface area contributed by atoms with Gasteiger partial charge >= 0.3 is 5.97 Å². The number of hydrogen-bond acceptors (Lipinski definition) is 6. The molecule has 0 saturated heterocycles. The minimum absolute atomic E-state index is 0.114. The molecule has 2 atom stereocenters. The number of nitro groups is 1. The summed E-state index contributed by atoms with van der Waals surface area (Å²) in [6.45, 7) is 3.88. The summed E-state index contributed by atoms with van der Waals surface area (Å²) >= 11 is 0. The standard InChI is InChI=1S/C21H24N2O6/c1-4-15(16-8-6-5-7-9-16)13-22-20(24)14(2)29-21(25)18-12-17(23(26)27)10-11-19(18)28-3/h5-12,14-15H,4,13H2,1-3H3,(H,22,24)/t14-,15+/m0/s1. The van der Waals surface area contributed by atoms with Crippen LogP contribution in [0.5, 0.6) is 5.75 Å².